The van der Waals surface area contributed by atoms with Gasteiger partial charge in [-0.3, -0.25) is 4.79 Å². The first-order valence-electron chi connectivity index (χ1n) is 6.72. The molecule has 0 aliphatic rings. The number of esters is 1. The van der Waals surface area contributed by atoms with Crippen LogP contribution in [-0.2, 0) is 20.7 Å². The van der Waals surface area contributed by atoms with E-state index in [0.717, 1.165) is 11.3 Å². The zero-order valence-electron chi connectivity index (χ0n) is 12.6. The highest BCUT2D eigenvalue weighted by atomic mass is 16.5. The number of nitrogens with one attached hydrogen (secondary N) is 1. The minimum Gasteiger partial charge on any atom is -0.467 e. The summed E-state index contributed by atoms with van der Waals surface area (Å²) in [6.45, 7) is -0.476. The van der Waals surface area contributed by atoms with Crippen molar-refractivity contribution in [2.24, 2.45) is 0 Å². The van der Waals surface area contributed by atoms with E-state index in [1.54, 1.807) is 0 Å². The highest BCUT2D eigenvalue weighted by Crippen LogP contribution is 2.13. The first-order chi connectivity index (χ1) is 9.97. The molecule has 2 N–H and O–H groups in total. The average Bonchev–Trinajstić information content (AvgIpc) is 2.50. The Balaban J connectivity index is 2.47. The van der Waals surface area contributed by atoms with Crippen molar-refractivity contribution in [3.05, 3.63) is 29.8 Å². The highest BCUT2D eigenvalue weighted by Gasteiger charge is 2.19. The predicted molar refractivity (Wildman–Crippen MR) is 80.1 cm³/mol. The van der Waals surface area contributed by atoms with E-state index < -0.39 is 18.6 Å². The topological polar surface area (TPSA) is 78.9 Å². The van der Waals surface area contributed by atoms with Crippen LogP contribution in [0.2, 0.25) is 0 Å². The second-order valence-electron chi connectivity index (χ2n) is 4.89. The SMILES string of the molecule is COC(=O)C(CO)NC(=O)CCc1ccc(N(C)C)cc1. The van der Waals surface area contributed by atoms with Crippen LogP contribution < -0.4 is 10.2 Å². The Morgan fingerprint density at radius 3 is 2.38 bits per heavy atom. The maximum Gasteiger partial charge on any atom is 0.330 e. The van der Waals surface area contributed by atoms with Crippen molar-refractivity contribution in [1.82, 2.24) is 5.32 Å². The molecular weight excluding hydrogens is 272 g/mol. The van der Waals surface area contributed by atoms with Gasteiger partial charge in [-0.1, -0.05) is 12.1 Å². The number of hydrogen-bond acceptors (Lipinski definition) is 5. The van der Waals surface area contributed by atoms with Crippen molar-refractivity contribution < 1.29 is 19.4 Å². The van der Waals surface area contributed by atoms with Gasteiger partial charge in [-0.25, -0.2) is 4.79 Å². The maximum atomic E-state index is 11.7. The van der Waals surface area contributed by atoms with Crippen LogP contribution in [0.3, 0.4) is 0 Å². The van der Waals surface area contributed by atoms with Crippen molar-refractivity contribution >= 4 is 17.6 Å². The van der Waals surface area contributed by atoms with Gasteiger partial charge in [0.1, 0.15) is 0 Å². The summed E-state index contributed by atoms with van der Waals surface area (Å²) in [5.74, 6) is -0.947. The molecule has 0 aliphatic carbocycles. The fourth-order valence-corrected chi connectivity index (χ4v) is 1.81. The number of hydrogen-bond donors (Lipinski definition) is 2. The van der Waals surface area contributed by atoms with Gasteiger partial charge in [0.15, 0.2) is 6.04 Å². The minimum atomic E-state index is -1.00. The van der Waals surface area contributed by atoms with Crippen molar-refractivity contribution in [1.29, 1.82) is 0 Å². The van der Waals surface area contributed by atoms with E-state index in [4.69, 9.17) is 5.11 Å². The predicted octanol–water partition coefficient (Wildman–Crippen LogP) is 0.335. The van der Waals surface area contributed by atoms with E-state index in [1.165, 1.54) is 7.11 Å². The summed E-state index contributed by atoms with van der Waals surface area (Å²) < 4.78 is 4.48. The van der Waals surface area contributed by atoms with Crippen molar-refractivity contribution in [3.63, 3.8) is 0 Å². The summed E-state index contributed by atoms with van der Waals surface area (Å²) in [6.07, 6.45) is 0.813. The number of aliphatic hydroxyl groups is 1. The Bertz CT molecular complexity index is 471. The summed E-state index contributed by atoms with van der Waals surface area (Å²) in [7, 11) is 5.14. The Hall–Kier alpha value is -2.08. The number of benzene rings is 1. The molecule has 1 atom stereocenters. The van der Waals surface area contributed by atoms with E-state index >= 15 is 0 Å². The molecule has 1 unspecified atom stereocenters. The number of amides is 1. The molecule has 0 fully saturated rings. The van der Waals surface area contributed by atoms with Crippen molar-refractivity contribution in [2.75, 3.05) is 32.7 Å². The Labute approximate surface area is 124 Å². The molecule has 1 rings (SSSR count). The van der Waals surface area contributed by atoms with E-state index in [1.807, 2.05) is 43.3 Å². The fraction of sp³-hybridized carbons (Fsp3) is 0.467. The second-order valence-corrected chi connectivity index (χ2v) is 4.89. The number of anilines is 1. The molecule has 0 aromatic heterocycles. The lowest BCUT2D eigenvalue weighted by Gasteiger charge is -2.14. The molecule has 0 bridgehead atoms. The molecule has 0 saturated carbocycles. The lowest BCUT2D eigenvalue weighted by Crippen LogP contribution is -2.44. The summed E-state index contributed by atoms with van der Waals surface area (Å²) in [4.78, 5) is 25.0. The summed E-state index contributed by atoms with van der Waals surface area (Å²) in [5.41, 5.74) is 2.13. The number of aryl methyl sites for hydroxylation is 1. The standard InChI is InChI=1S/C15H22N2O4/c1-17(2)12-7-4-11(5-8-12)6-9-14(19)16-13(10-18)15(20)21-3/h4-5,7-8,13,18H,6,9-10H2,1-3H3,(H,16,19). The normalized spacial score (nSPS) is 11.6. The minimum absolute atomic E-state index is 0.245. The van der Waals surface area contributed by atoms with Crippen LogP contribution in [0.15, 0.2) is 24.3 Å². The van der Waals surface area contributed by atoms with Gasteiger partial charge in [0, 0.05) is 26.2 Å². The third-order valence-electron chi connectivity index (χ3n) is 3.10. The third-order valence-corrected chi connectivity index (χ3v) is 3.10. The number of rotatable bonds is 7. The molecular formula is C15H22N2O4. The van der Waals surface area contributed by atoms with Crippen molar-refractivity contribution in [2.45, 2.75) is 18.9 Å². The van der Waals surface area contributed by atoms with E-state index in [9.17, 15) is 9.59 Å². The molecule has 21 heavy (non-hydrogen) atoms. The first-order valence-corrected chi connectivity index (χ1v) is 6.72. The summed E-state index contributed by atoms with van der Waals surface area (Å²) in [6, 6.07) is 6.90. The Kier molecular flexibility index (Phi) is 6.68. The third kappa shape index (κ3) is 5.43. The molecule has 0 radical (unpaired) electrons. The van der Waals surface area contributed by atoms with Crippen LogP contribution in [0.5, 0.6) is 0 Å². The quantitative estimate of drug-likeness (QED) is 0.709. The monoisotopic (exact) mass is 294 g/mol. The molecule has 0 heterocycles. The van der Waals surface area contributed by atoms with Gasteiger partial charge in [-0.05, 0) is 24.1 Å². The van der Waals surface area contributed by atoms with Gasteiger partial charge in [0.05, 0.1) is 13.7 Å². The maximum absolute atomic E-state index is 11.7. The first kappa shape index (κ1) is 17.0. The van der Waals surface area contributed by atoms with Crippen LogP contribution in [0.1, 0.15) is 12.0 Å². The van der Waals surface area contributed by atoms with Gasteiger partial charge in [0.2, 0.25) is 5.91 Å². The number of nitrogens with zero attached hydrogens (tertiary/aromatic N) is 1. The van der Waals surface area contributed by atoms with Crippen LogP contribution in [0.4, 0.5) is 5.69 Å². The van der Waals surface area contributed by atoms with Crippen molar-refractivity contribution in [3.8, 4) is 0 Å². The molecule has 1 amide bonds. The number of aliphatic hydroxyl groups excluding tert-OH is 1. The Morgan fingerprint density at radius 1 is 1.29 bits per heavy atom. The molecule has 116 valence electrons. The lowest BCUT2D eigenvalue weighted by atomic mass is 10.1. The molecule has 0 aliphatic heterocycles. The average molecular weight is 294 g/mol. The molecule has 6 nitrogen and oxygen atoms in total. The highest BCUT2D eigenvalue weighted by molar-refractivity contribution is 5.84. The smallest absolute Gasteiger partial charge is 0.330 e. The van der Waals surface area contributed by atoms with E-state index in [0.29, 0.717) is 6.42 Å². The van der Waals surface area contributed by atoms with E-state index in [2.05, 4.69) is 10.1 Å². The van der Waals surface area contributed by atoms with Gasteiger partial charge in [0.25, 0.3) is 0 Å². The molecule has 1 aromatic rings. The van der Waals surface area contributed by atoms with Crippen LogP contribution in [-0.4, -0.2) is 50.8 Å². The number of methoxy groups -OCH3 is 1. The van der Waals surface area contributed by atoms with Crippen LogP contribution in [0.25, 0.3) is 0 Å². The zero-order chi connectivity index (χ0) is 15.8. The largest absolute Gasteiger partial charge is 0.467 e. The molecule has 1 aromatic carbocycles. The molecule has 0 saturated heterocycles. The fourth-order valence-electron chi connectivity index (χ4n) is 1.81. The van der Waals surface area contributed by atoms with Crippen LogP contribution >= 0.6 is 0 Å². The molecule has 6 heteroatoms. The van der Waals surface area contributed by atoms with Gasteiger partial charge in [-0.15, -0.1) is 0 Å². The summed E-state index contributed by atoms with van der Waals surface area (Å²) >= 11 is 0. The number of carbonyl (C=O) groups is 2. The zero-order valence-corrected chi connectivity index (χ0v) is 12.6. The van der Waals surface area contributed by atoms with Gasteiger partial charge in [-0.2, -0.15) is 0 Å². The lowest BCUT2D eigenvalue weighted by molar-refractivity contribution is -0.146. The summed E-state index contributed by atoms with van der Waals surface area (Å²) in [5, 5.41) is 11.5. The van der Waals surface area contributed by atoms with Gasteiger partial charge >= 0.3 is 5.97 Å². The Morgan fingerprint density at radius 2 is 1.90 bits per heavy atom. The number of carbonyl (C=O) groups excluding carboxylic acids is 2. The number of ether oxygens (including phenoxy) is 1. The molecule has 0 spiro atoms. The van der Waals surface area contributed by atoms with E-state index in [-0.39, 0.29) is 12.3 Å². The van der Waals surface area contributed by atoms with Gasteiger partial charge < -0.3 is 20.1 Å². The van der Waals surface area contributed by atoms with Crippen LogP contribution in [0, 0.1) is 0 Å². The second kappa shape index (κ2) is 8.26.